The minimum atomic E-state index is -4.52. The fourth-order valence-electron chi connectivity index (χ4n) is 4.04. The van der Waals surface area contributed by atoms with Crippen molar-refractivity contribution in [1.82, 2.24) is 4.90 Å². The van der Waals surface area contributed by atoms with E-state index in [0.717, 1.165) is 12.1 Å². The minimum absolute atomic E-state index is 0.0103. The second-order valence-electron chi connectivity index (χ2n) is 8.40. The summed E-state index contributed by atoms with van der Waals surface area (Å²) < 4.78 is 97.0. The number of nitrogens with zero attached hydrogens (tertiary/aromatic N) is 1. The van der Waals surface area contributed by atoms with Gasteiger partial charge in [-0.1, -0.05) is 30.3 Å². The van der Waals surface area contributed by atoms with Crippen LogP contribution in [0.15, 0.2) is 81.8 Å². The van der Waals surface area contributed by atoms with Crippen molar-refractivity contribution >= 4 is 47.6 Å². The Bertz CT molecular complexity index is 1720. The number of carbonyl (C=O) groups is 1. The Morgan fingerprint density at radius 3 is 1.84 bits per heavy atom. The average molecular weight is 585 g/mol. The van der Waals surface area contributed by atoms with Crippen molar-refractivity contribution in [3.8, 4) is 0 Å². The summed E-state index contributed by atoms with van der Waals surface area (Å²) >= 11 is 0. The highest BCUT2D eigenvalue weighted by Gasteiger charge is 2.44. The first-order valence-electron chi connectivity index (χ1n) is 10.6. The summed E-state index contributed by atoms with van der Waals surface area (Å²) in [5, 5.41) is 10.8. The fourth-order valence-corrected chi connectivity index (χ4v) is 5.66. The number of carbonyl (C=O) groups excluding carboxylic acids is 1. The van der Waals surface area contributed by atoms with E-state index in [9.17, 15) is 44.3 Å². The number of anilines is 1. The van der Waals surface area contributed by atoms with Crippen LogP contribution in [0, 0.1) is 0 Å². The van der Waals surface area contributed by atoms with Crippen molar-refractivity contribution in [2.24, 2.45) is 0 Å². The monoisotopic (exact) mass is 584 g/mol. The molecule has 2 aliphatic carbocycles. The largest absolute Gasteiger partial charge is 0.509 e. The van der Waals surface area contributed by atoms with Crippen molar-refractivity contribution in [2.75, 3.05) is 11.3 Å². The number of allylic oxidation sites excluding steroid dienone is 2. The molecule has 2 aliphatic rings. The zero-order chi connectivity index (χ0) is 28.0. The number of hydrogen-bond donors (Lipinski definition) is 5. The maximum absolute atomic E-state index is 13.1. The summed E-state index contributed by atoms with van der Waals surface area (Å²) in [6.45, 7) is -0.247. The van der Waals surface area contributed by atoms with E-state index in [0.29, 0.717) is 5.56 Å². The number of aliphatic hydroxyl groups excluding tert-OH is 1. The highest BCUT2D eigenvalue weighted by Crippen LogP contribution is 2.37. The molecule has 0 heterocycles. The van der Waals surface area contributed by atoms with Gasteiger partial charge in [0.15, 0.2) is 5.78 Å². The first-order valence-corrected chi connectivity index (χ1v) is 14.9. The predicted octanol–water partition coefficient (Wildman–Crippen LogP) is 1.58. The molecule has 1 atom stereocenters. The van der Waals surface area contributed by atoms with Crippen LogP contribution < -0.4 is 4.72 Å². The summed E-state index contributed by atoms with van der Waals surface area (Å²) in [6, 6.07) is 9.03. The lowest BCUT2D eigenvalue weighted by Gasteiger charge is -2.38. The maximum Gasteiger partial charge on any atom is 0.357 e. The molecular weight excluding hydrogens is 564 g/mol. The normalized spacial score (nSPS) is 18.0. The molecule has 0 amide bonds. The third kappa shape index (κ3) is 5.86. The molecule has 16 heteroatoms. The zero-order valence-corrected chi connectivity index (χ0v) is 21.5. The summed E-state index contributed by atoms with van der Waals surface area (Å²) in [6.07, 6.45) is 2.60. The van der Waals surface area contributed by atoms with Crippen LogP contribution in [0.25, 0.3) is 5.57 Å². The lowest BCUT2D eigenvalue weighted by atomic mass is 9.82. The molecule has 0 spiro atoms. The van der Waals surface area contributed by atoms with E-state index in [2.05, 4.69) is 0 Å². The topological polar surface area (TPSA) is 216 Å². The number of ketones is 1. The van der Waals surface area contributed by atoms with E-state index in [4.69, 9.17) is 4.55 Å². The SMILES string of the molecule is O=C1C(c2ccc(NS(=O)(=O)O)cc2)=C(O)C1N(CC1=CC=C1S(=O)(=O)O)Cc1ccc(S(=O)(=O)O)cc1. The quantitative estimate of drug-likeness (QED) is 0.252. The van der Waals surface area contributed by atoms with Crippen molar-refractivity contribution in [3.63, 3.8) is 0 Å². The van der Waals surface area contributed by atoms with Crippen molar-refractivity contribution in [3.05, 3.63) is 88.0 Å². The van der Waals surface area contributed by atoms with E-state index in [1.54, 1.807) is 0 Å². The molecule has 0 saturated carbocycles. The fraction of sp³-hybridized carbons (Fsp3) is 0.136. The molecule has 38 heavy (non-hydrogen) atoms. The van der Waals surface area contributed by atoms with Crippen molar-refractivity contribution in [1.29, 1.82) is 0 Å². The molecule has 2 aromatic rings. The number of aliphatic hydroxyl groups is 1. The van der Waals surface area contributed by atoms with E-state index in [1.165, 1.54) is 53.5 Å². The van der Waals surface area contributed by atoms with E-state index < -0.39 is 42.4 Å². The van der Waals surface area contributed by atoms with Crippen LogP contribution in [0.5, 0.6) is 0 Å². The van der Waals surface area contributed by atoms with Gasteiger partial charge in [0.05, 0.1) is 21.1 Å². The summed E-state index contributed by atoms with van der Waals surface area (Å²) in [5.74, 6) is -0.887. The summed E-state index contributed by atoms with van der Waals surface area (Å²) in [5.41, 5.74) is 0.842. The predicted molar refractivity (Wildman–Crippen MR) is 134 cm³/mol. The molecule has 5 N–H and O–H groups in total. The average Bonchev–Trinajstić information content (AvgIpc) is 2.75. The van der Waals surface area contributed by atoms with Crippen LogP contribution in [0.4, 0.5) is 5.69 Å². The second-order valence-corrected chi connectivity index (χ2v) is 12.4. The Hall–Kier alpha value is -3.38. The molecule has 0 aliphatic heterocycles. The molecule has 1 unspecified atom stereocenters. The highest BCUT2D eigenvalue weighted by molar-refractivity contribution is 7.90. The summed E-state index contributed by atoms with van der Waals surface area (Å²) in [4.78, 5) is 13.9. The highest BCUT2D eigenvalue weighted by atomic mass is 32.2. The Labute approximate surface area is 217 Å². The lowest BCUT2D eigenvalue weighted by molar-refractivity contribution is -0.120. The Balaban J connectivity index is 1.62. The van der Waals surface area contributed by atoms with Crippen LogP contribution >= 0.6 is 0 Å². The molecule has 13 nitrogen and oxygen atoms in total. The first-order chi connectivity index (χ1) is 17.5. The van der Waals surface area contributed by atoms with Gasteiger partial charge in [0, 0.05) is 13.1 Å². The van der Waals surface area contributed by atoms with E-state index in [1.807, 2.05) is 4.72 Å². The van der Waals surface area contributed by atoms with Gasteiger partial charge in [0.2, 0.25) is 0 Å². The Morgan fingerprint density at radius 1 is 0.789 bits per heavy atom. The number of nitrogens with one attached hydrogen (secondary N) is 1. The van der Waals surface area contributed by atoms with Gasteiger partial charge in [-0.2, -0.15) is 25.3 Å². The van der Waals surface area contributed by atoms with Gasteiger partial charge >= 0.3 is 10.3 Å². The van der Waals surface area contributed by atoms with Gasteiger partial charge in [0.1, 0.15) is 11.8 Å². The number of hydrogen-bond acceptors (Lipinski definition) is 9. The van der Waals surface area contributed by atoms with Crippen LogP contribution in [0.3, 0.4) is 0 Å². The maximum atomic E-state index is 13.1. The van der Waals surface area contributed by atoms with Gasteiger partial charge in [-0.3, -0.25) is 28.1 Å². The molecule has 4 rings (SSSR count). The number of benzene rings is 2. The number of rotatable bonds is 10. The van der Waals surface area contributed by atoms with E-state index in [-0.39, 0.29) is 51.0 Å². The van der Waals surface area contributed by atoms with Gasteiger partial charge in [-0.15, -0.1) is 0 Å². The van der Waals surface area contributed by atoms with Crippen LogP contribution in [0.2, 0.25) is 0 Å². The molecule has 202 valence electrons. The van der Waals surface area contributed by atoms with E-state index >= 15 is 0 Å². The first kappa shape index (κ1) is 27.6. The molecule has 0 fully saturated rings. The third-order valence-corrected chi connectivity index (χ3v) is 8.12. The Kier molecular flexibility index (Phi) is 7.08. The Morgan fingerprint density at radius 2 is 1.39 bits per heavy atom. The van der Waals surface area contributed by atoms with Gasteiger partial charge in [0.25, 0.3) is 20.2 Å². The van der Waals surface area contributed by atoms with Crippen LogP contribution in [0.1, 0.15) is 11.1 Å². The molecule has 0 aromatic heterocycles. The molecule has 0 radical (unpaired) electrons. The smallest absolute Gasteiger partial charge is 0.357 e. The molecule has 2 aromatic carbocycles. The lowest BCUT2D eigenvalue weighted by Crippen LogP contribution is -2.50. The second kappa shape index (κ2) is 9.73. The molecular formula is C22H20N2O11S3. The van der Waals surface area contributed by atoms with Crippen molar-refractivity contribution in [2.45, 2.75) is 17.5 Å². The minimum Gasteiger partial charge on any atom is -0.509 e. The number of Topliss-reactive ketones (excluding diaryl/α,β-unsaturated/α-hetero) is 1. The van der Waals surface area contributed by atoms with Gasteiger partial charge in [-0.25, -0.2) is 0 Å². The third-order valence-electron chi connectivity index (χ3n) is 5.81. The zero-order valence-electron chi connectivity index (χ0n) is 19.1. The van der Waals surface area contributed by atoms with Crippen LogP contribution in [-0.4, -0.2) is 67.3 Å². The summed E-state index contributed by atoms with van der Waals surface area (Å²) in [7, 11) is -13.5. The molecule has 0 saturated heterocycles. The van der Waals surface area contributed by atoms with Crippen LogP contribution in [-0.2, 0) is 41.9 Å². The standard InChI is InChI=1S/C22H20N2O11S3/c25-21-19(14-3-6-16(7-4-14)23-38(33,34)35)22(26)20(21)24(12-15-5-10-18(15)37(30,31)32)11-13-1-8-17(9-2-13)36(27,28)29/h1-10,20,23,25H,11-12H2,(H,27,28,29)(H,30,31,32)(H,33,34,35). The van der Waals surface area contributed by atoms with Crippen molar-refractivity contribution < 1.29 is 48.8 Å². The van der Waals surface area contributed by atoms with Gasteiger partial charge in [-0.05, 0) is 47.0 Å². The van der Waals surface area contributed by atoms with Gasteiger partial charge < -0.3 is 5.11 Å². The molecule has 0 bridgehead atoms.